The minimum Gasteiger partial charge on any atom is -0.0758 e. The van der Waals surface area contributed by atoms with Crippen molar-refractivity contribution in [1.82, 2.24) is 0 Å². The van der Waals surface area contributed by atoms with Gasteiger partial charge in [0.1, 0.15) is 0 Å². The molecule has 0 aromatic heterocycles. The summed E-state index contributed by atoms with van der Waals surface area (Å²) >= 11 is 0. The normalized spacial score (nSPS) is 16.5. The zero-order valence-electron chi connectivity index (χ0n) is 8.57. The van der Waals surface area contributed by atoms with Crippen LogP contribution >= 0.6 is 0 Å². The predicted molar refractivity (Wildman–Crippen MR) is 55.1 cm³/mol. The molecule has 1 aliphatic carbocycles. The van der Waals surface area contributed by atoms with Crippen molar-refractivity contribution in [3.8, 4) is 0 Å². The Bertz CT molecular complexity index is 258. The molecule has 0 aliphatic heterocycles. The second kappa shape index (κ2) is 3.75. The average Bonchev–Trinajstić information content (AvgIpc) is 2.31. The van der Waals surface area contributed by atoms with Gasteiger partial charge < -0.3 is 0 Å². The molecule has 0 bridgehead atoms. The minimum absolute atomic E-state index is 1.19. The zero-order valence-corrected chi connectivity index (χ0v) is 8.57. The molecule has 1 aliphatic rings. The van der Waals surface area contributed by atoms with Crippen molar-refractivity contribution in [2.24, 2.45) is 0 Å². The van der Waals surface area contributed by atoms with Gasteiger partial charge in [0.2, 0.25) is 0 Å². The van der Waals surface area contributed by atoms with E-state index in [-0.39, 0.29) is 0 Å². The molecule has 0 spiro atoms. The van der Waals surface area contributed by atoms with E-state index in [9.17, 15) is 0 Å². The lowest BCUT2D eigenvalue weighted by atomic mass is 10.1. The first-order chi connectivity index (χ1) is 5.63. The average molecular weight is 162 g/mol. The summed E-state index contributed by atoms with van der Waals surface area (Å²) in [5, 5.41) is 0. The smallest absolute Gasteiger partial charge is 0.00990 e. The topological polar surface area (TPSA) is 0 Å². The molecule has 0 fully saturated rings. The number of allylic oxidation sites excluding steroid dienone is 6. The van der Waals surface area contributed by atoms with E-state index in [0.29, 0.717) is 0 Å². The SMILES string of the molecule is CCC1=CC(C=C(C)C)=C(C)C1. The summed E-state index contributed by atoms with van der Waals surface area (Å²) in [6, 6.07) is 0. The molecule has 0 aromatic rings. The maximum absolute atomic E-state index is 2.34. The molecule has 0 radical (unpaired) electrons. The third-order valence-electron chi connectivity index (χ3n) is 2.24. The van der Waals surface area contributed by atoms with Crippen molar-refractivity contribution in [2.45, 2.75) is 40.5 Å². The monoisotopic (exact) mass is 162 g/mol. The number of rotatable bonds is 2. The molecule has 0 unspecified atom stereocenters. The summed E-state index contributed by atoms with van der Waals surface area (Å²) in [4.78, 5) is 0. The fourth-order valence-electron chi connectivity index (χ4n) is 1.54. The van der Waals surface area contributed by atoms with E-state index in [4.69, 9.17) is 0 Å². The van der Waals surface area contributed by atoms with Gasteiger partial charge >= 0.3 is 0 Å². The largest absolute Gasteiger partial charge is 0.0758 e. The Morgan fingerprint density at radius 3 is 2.58 bits per heavy atom. The van der Waals surface area contributed by atoms with Gasteiger partial charge in [-0.15, -0.1) is 0 Å². The standard InChI is InChI=1S/C12H18/c1-5-11-7-10(4)12(8-11)6-9(2)3/h6,8H,5,7H2,1-4H3. The molecular weight excluding hydrogens is 144 g/mol. The van der Waals surface area contributed by atoms with Gasteiger partial charge in [0.25, 0.3) is 0 Å². The van der Waals surface area contributed by atoms with E-state index >= 15 is 0 Å². The zero-order chi connectivity index (χ0) is 9.14. The Morgan fingerprint density at radius 1 is 1.50 bits per heavy atom. The molecule has 12 heavy (non-hydrogen) atoms. The van der Waals surface area contributed by atoms with Crippen molar-refractivity contribution in [1.29, 1.82) is 0 Å². The first kappa shape index (κ1) is 9.31. The van der Waals surface area contributed by atoms with Gasteiger partial charge in [0.05, 0.1) is 0 Å². The van der Waals surface area contributed by atoms with Gasteiger partial charge in [-0.1, -0.05) is 35.8 Å². The van der Waals surface area contributed by atoms with Crippen LogP contribution in [0.5, 0.6) is 0 Å². The van der Waals surface area contributed by atoms with Crippen molar-refractivity contribution in [3.05, 3.63) is 34.4 Å². The van der Waals surface area contributed by atoms with Crippen LogP contribution in [0.2, 0.25) is 0 Å². The van der Waals surface area contributed by atoms with E-state index in [2.05, 4.69) is 39.8 Å². The van der Waals surface area contributed by atoms with Gasteiger partial charge in [-0.2, -0.15) is 0 Å². The number of hydrogen-bond acceptors (Lipinski definition) is 0. The summed E-state index contributed by atoms with van der Waals surface area (Å²) in [5.74, 6) is 0. The molecule has 0 heteroatoms. The first-order valence-corrected chi connectivity index (χ1v) is 4.67. The van der Waals surface area contributed by atoms with Gasteiger partial charge in [-0.3, -0.25) is 0 Å². The van der Waals surface area contributed by atoms with Crippen LogP contribution in [0.25, 0.3) is 0 Å². The van der Waals surface area contributed by atoms with Crippen molar-refractivity contribution in [2.75, 3.05) is 0 Å². The van der Waals surface area contributed by atoms with Gasteiger partial charge in [0, 0.05) is 0 Å². The second-order valence-electron chi connectivity index (χ2n) is 3.79. The second-order valence-corrected chi connectivity index (χ2v) is 3.79. The molecule has 0 nitrogen and oxygen atoms in total. The molecule has 0 heterocycles. The van der Waals surface area contributed by atoms with Crippen LogP contribution in [0.1, 0.15) is 40.5 Å². The van der Waals surface area contributed by atoms with Crippen LogP contribution in [-0.4, -0.2) is 0 Å². The van der Waals surface area contributed by atoms with Crippen LogP contribution < -0.4 is 0 Å². The van der Waals surface area contributed by atoms with Gasteiger partial charge in [-0.05, 0) is 39.2 Å². The highest BCUT2D eigenvalue weighted by Gasteiger charge is 2.08. The van der Waals surface area contributed by atoms with E-state index < -0.39 is 0 Å². The lowest BCUT2D eigenvalue weighted by Gasteiger charge is -1.95. The maximum atomic E-state index is 2.34. The van der Waals surface area contributed by atoms with E-state index in [1.807, 2.05) is 0 Å². The van der Waals surface area contributed by atoms with E-state index in [0.717, 1.165) is 0 Å². The van der Waals surface area contributed by atoms with Gasteiger partial charge in [-0.25, -0.2) is 0 Å². The van der Waals surface area contributed by atoms with Crippen molar-refractivity contribution < 1.29 is 0 Å². The molecule has 0 saturated carbocycles. The summed E-state index contributed by atoms with van der Waals surface area (Å²) in [6.07, 6.45) is 6.99. The van der Waals surface area contributed by atoms with Crippen LogP contribution in [-0.2, 0) is 0 Å². The fourth-order valence-corrected chi connectivity index (χ4v) is 1.54. The van der Waals surface area contributed by atoms with Gasteiger partial charge in [0.15, 0.2) is 0 Å². The van der Waals surface area contributed by atoms with E-state index in [1.54, 1.807) is 5.57 Å². The van der Waals surface area contributed by atoms with Crippen LogP contribution in [0.4, 0.5) is 0 Å². The summed E-state index contributed by atoms with van der Waals surface area (Å²) in [6.45, 7) is 8.76. The molecule has 0 N–H and O–H groups in total. The Kier molecular flexibility index (Phi) is 2.91. The van der Waals surface area contributed by atoms with E-state index in [1.165, 1.54) is 29.6 Å². The van der Waals surface area contributed by atoms with Crippen LogP contribution in [0.15, 0.2) is 34.4 Å². The minimum atomic E-state index is 1.19. The molecule has 1 rings (SSSR count). The molecule has 0 aromatic carbocycles. The highest BCUT2D eigenvalue weighted by atomic mass is 14.1. The highest BCUT2D eigenvalue weighted by Crippen LogP contribution is 2.28. The van der Waals surface area contributed by atoms with Crippen LogP contribution in [0, 0.1) is 0 Å². The Labute approximate surface area is 75.7 Å². The highest BCUT2D eigenvalue weighted by molar-refractivity contribution is 5.45. The molecule has 66 valence electrons. The molecule has 0 saturated heterocycles. The predicted octanol–water partition coefficient (Wildman–Crippen LogP) is 4.01. The Hall–Kier alpha value is -0.780. The first-order valence-electron chi connectivity index (χ1n) is 4.67. The Balaban J connectivity index is 2.82. The maximum Gasteiger partial charge on any atom is -0.00990 e. The third-order valence-corrected chi connectivity index (χ3v) is 2.24. The third kappa shape index (κ3) is 2.10. The van der Waals surface area contributed by atoms with Crippen LogP contribution in [0.3, 0.4) is 0 Å². The lowest BCUT2D eigenvalue weighted by Crippen LogP contribution is -1.76. The fraction of sp³-hybridized carbons (Fsp3) is 0.500. The summed E-state index contributed by atoms with van der Waals surface area (Å²) in [7, 11) is 0. The molecule has 0 amide bonds. The summed E-state index contributed by atoms with van der Waals surface area (Å²) < 4.78 is 0. The quantitative estimate of drug-likeness (QED) is 0.575. The Morgan fingerprint density at radius 2 is 2.17 bits per heavy atom. The lowest BCUT2D eigenvalue weighted by molar-refractivity contribution is 1.01. The summed E-state index contributed by atoms with van der Waals surface area (Å²) in [5.41, 5.74) is 5.91. The molecule has 0 atom stereocenters. The molecular formula is C12H18. The number of hydrogen-bond donors (Lipinski definition) is 0. The van der Waals surface area contributed by atoms with Crippen molar-refractivity contribution >= 4 is 0 Å². The van der Waals surface area contributed by atoms with Crippen molar-refractivity contribution in [3.63, 3.8) is 0 Å².